The van der Waals surface area contributed by atoms with Crippen LogP contribution in [0.5, 0.6) is 5.75 Å². The summed E-state index contributed by atoms with van der Waals surface area (Å²) in [5.74, 6) is -0.577. The Bertz CT molecular complexity index is 487. The van der Waals surface area contributed by atoms with Crippen molar-refractivity contribution >= 4 is 27.8 Å². The Balaban J connectivity index is 2.19. The standard InChI is InChI=1S/C16H22BrNO4/c1-11(2)15(16(20)21)18-14(19)5-3-4-10-22-13-8-6-12(17)7-9-13/h6-9,11,15H,3-5,10H2,1-2H3,(H,18,19)(H,20,21)/t15-/m0/s1. The Morgan fingerprint density at radius 1 is 1.23 bits per heavy atom. The zero-order chi connectivity index (χ0) is 16.5. The molecule has 0 aliphatic heterocycles. The van der Waals surface area contributed by atoms with Gasteiger partial charge in [-0.3, -0.25) is 4.79 Å². The fourth-order valence-corrected chi connectivity index (χ4v) is 2.13. The van der Waals surface area contributed by atoms with Crippen LogP contribution in [0.1, 0.15) is 33.1 Å². The maximum atomic E-state index is 11.7. The van der Waals surface area contributed by atoms with Crippen LogP contribution in [0.4, 0.5) is 0 Å². The normalized spacial score (nSPS) is 12.0. The van der Waals surface area contributed by atoms with Crippen molar-refractivity contribution in [3.8, 4) is 5.75 Å². The number of carboxylic acid groups (broad SMARTS) is 1. The second-order valence-corrected chi connectivity index (χ2v) is 6.30. The summed E-state index contributed by atoms with van der Waals surface area (Å²) in [7, 11) is 0. The molecule has 0 spiro atoms. The molecule has 0 saturated carbocycles. The Labute approximate surface area is 139 Å². The van der Waals surface area contributed by atoms with Gasteiger partial charge < -0.3 is 15.2 Å². The van der Waals surface area contributed by atoms with E-state index < -0.39 is 12.0 Å². The van der Waals surface area contributed by atoms with Crippen molar-refractivity contribution in [2.24, 2.45) is 5.92 Å². The van der Waals surface area contributed by atoms with Gasteiger partial charge in [-0.2, -0.15) is 0 Å². The van der Waals surface area contributed by atoms with Crippen molar-refractivity contribution in [2.45, 2.75) is 39.2 Å². The molecule has 0 aliphatic rings. The van der Waals surface area contributed by atoms with Gasteiger partial charge >= 0.3 is 5.97 Å². The first-order valence-corrected chi connectivity index (χ1v) is 8.10. The van der Waals surface area contributed by atoms with Crippen LogP contribution >= 0.6 is 15.9 Å². The van der Waals surface area contributed by atoms with Crippen LogP contribution in [-0.4, -0.2) is 29.6 Å². The van der Waals surface area contributed by atoms with E-state index in [1.807, 2.05) is 24.3 Å². The summed E-state index contributed by atoms with van der Waals surface area (Å²) >= 11 is 3.35. The van der Waals surface area contributed by atoms with E-state index in [1.54, 1.807) is 13.8 Å². The van der Waals surface area contributed by atoms with E-state index in [0.717, 1.165) is 16.6 Å². The van der Waals surface area contributed by atoms with Gasteiger partial charge in [0.15, 0.2) is 0 Å². The monoisotopic (exact) mass is 371 g/mol. The van der Waals surface area contributed by atoms with E-state index in [9.17, 15) is 9.59 Å². The number of halogens is 1. The Hall–Kier alpha value is -1.56. The molecule has 22 heavy (non-hydrogen) atoms. The summed E-state index contributed by atoms with van der Waals surface area (Å²) in [6, 6.07) is 6.72. The summed E-state index contributed by atoms with van der Waals surface area (Å²) in [5.41, 5.74) is 0. The fourth-order valence-electron chi connectivity index (χ4n) is 1.87. The summed E-state index contributed by atoms with van der Waals surface area (Å²) in [5, 5.41) is 11.6. The van der Waals surface area contributed by atoms with Crippen LogP contribution < -0.4 is 10.1 Å². The van der Waals surface area contributed by atoms with Crippen molar-refractivity contribution in [1.29, 1.82) is 0 Å². The first kappa shape index (κ1) is 18.5. The lowest BCUT2D eigenvalue weighted by Gasteiger charge is -2.17. The van der Waals surface area contributed by atoms with Gasteiger partial charge in [0.25, 0.3) is 0 Å². The molecule has 0 bridgehead atoms. The largest absolute Gasteiger partial charge is 0.494 e. The minimum absolute atomic E-state index is 0.137. The number of hydrogen-bond donors (Lipinski definition) is 2. The van der Waals surface area contributed by atoms with E-state index in [4.69, 9.17) is 9.84 Å². The van der Waals surface area contributed by atoms with E-state index in [1.165, 1.54) is 0 Å². The van der Waals surface area contributed by atoms with Crippen molar-refractivity contribution in [3.05, 3.63) is 28.7 Å². The van der Waals surface area contributed by atoms with E-state index in [0.29, 0.717) is 19.4 Å². The van der Waals surface area contributed by atoms with Crippen molar-refractivity contribution in [2.75, 3.05) is 6.61 Å². The van der Waals surface area contributed by atoms with Gasteiger partial charge in [-0.05, 0) is 43.0 Å². The molecule has 1 atom stereocenters. The van der Waals surface area contributed by atoms with Crippen molar-refractivity contribution < 1.29 is 19.4 Å². The molecule has 0 aliphatic carbocycles. The highest BCUT2D eigenvalue weighted by Gasteiger charge is 2.22. The zero-order valence-corrected chi connectivity index (χ0v) is 14.4. The molecule has 1 amide bonds. The molecule has 1 aromatic rings. The van der Waals surface area contributed by atoms with Crippen LogP contribution in [0.15, 0.2) is 28.7 Å². The zero-order valence-electron chi connectivity index (χ0n) is 12.8. The summed E-state index contributed by atoms with van der Waals surface area (Å²) in [6.45, 7) is 4.07. The van der Waals surface area contributed by atoms with E-state index >= 15 is 0 Å². The highest BCUT2D eigenvalue weighted by atomic mass is 79.9. The van der Waals surface area contributed by atoms with Gasteiger partial charge in [-0.25, -0.2) is 4.79 Å². The van der Waals surface area contributed by atoms with Gasteiger partial charge in [0.1, 0.15) is 11.8 Å². The number of carbonyl (C=O) groups is 2. The highest BCUT2D eigenvalue weighted by Crippen LogP contribution is 2.16. The smallest absolute Gasteiger partial charge is 0.326 e. The number of rotatable bonds is 9. The number of amides is 1. The lowest BCUT2D eigenvalue weighted by Crippen LogP contribution is -2.44. The summed E-state index contributed by atoms with van der Waals surface area (Å²) in [6.07, 6.45) is 1.70. The molecule has 122 valence electrons. The van der Waals surface area contributed by atoms with E-state index in [-0.39, 0.29) is 11.8 Å². The average molecular weight is 372 g/mol. The lowest BCUT2D eigenvalue weighted by molar-refractivity contribution is -0.143. The average Bonchev–Trinajstić information content (AvgIpc) is 2.45. The molecular formula is C16H22BrNO4. The number of carbonyl (C=O) groups excluding carboxylic acids is 1. The first-order chi connectivity index (χ1) is 10.4. The van der Waals surface area contributed by atoms with Gasteiger partial charge in [0.05, 0.1) is 6.61 Å². The topological polar surface area (TPSA) is 75.6 Å². The SMILES string of the molecule is CC(C)[C@H](NC(=O)CCCCOc1ccc(Br)cc1)C(=O)O. The quantitative estimate of drug-likeness (QED) is 0.653. The van der Waals surface area contributed by atoms with Gasteiger partial charge in [0.2, 0.25) is 5.91 Å². The number of benzene rings is 1. The molecule has 1 rings (SSSR count). The number of nitrogens with one attached hydrogen (secondary N) is 1. The minimum Gasteiger partial charge on any atom is -0.494 e. The summed E-state index contributed by atoms with van der Waals surface area (Å²) < 4.78 is 6.55. The molecule has 1 aromatic carbocycles. The molecule has 5 nitrogen and oxygen atoms in total. The maximum absolute atomic E-state index is 11.7. The maximum Gasteiger partial charge on any atom is 0.326 e. The molecule has 0 fully saturated rings. The predicted molar refractivity (Wildman–Crippen MR) is 87.9 cm³/mol. The number of ether oxygens (including phenoxy) is 1. The highest BCUT2D eigenvalue weighted by molar-refractivity contribution is 9.10. The van der Waals surface area contributed by atoms with Crippen LogP contribution in [0.25, 0.3) is 0 Å². The molecule has 0 unspecified atom stereocenters. The molecular weight excluding hydrogens is 350 g/mol. The Kier molecular flexibility index (Phi) is 7.95. The predicted octanol–water partition coefficient (Wildman–Crippen LogP) is 3.22. The molecule has 6 heteroatoms. The third kappa shape index (κ3) is 6.93. The molecule has 0 aromatic heterocycles. The third-order valence-corrected chi connectivity index (χ3v) is 3.66. The molecule has 0 heterocycles. The lowest BCUT2D eigenvalue weighted by atomic mass is 10.0. The summed E-state index contributed by atoms with van der Waals surface area (Å²) in [4.78, 5) is 22.7. The van der Waals surface area contributed by atoms with Crippen LogP contribution in [0, 0.1) is 5.92 Å². The Morgan fingerprint density at radius 3 is 2.41 bits per heavy atom. The van der Waals surface area contributed by atoms with Gasteiger partial charge in [-0.15, -0.1) is 0 Å². The number of carboxylic acids is 1. The van der Waals surface area contributed by atoms with Crippen molar-refractivity contribution in [3.63, 3.8) is 0 Å². The van der Waals surface area contributed by atoms with Gasteiger partial charge in [-0.1, -0.05) is 29.8 Å². The number of aliphatic carboxylic acids is 1. The van der Waals surface area contributed by atoms with Crippen LogP contribution in [0.2, 0.25) is 0 Å². The molecule has 2 N–H and O–H groups in total. The van der Waals surface area contributed by atoms with Crippen LogP contribution in [-0.2, 0) is 9.59 Å². The molecule has 0 radical (unpaired) electrons. The second kappa shape index (κ2) is 9.46. The first-order valence-electron chi connectivity index (χ1n) is 7.30. The van der Waals surface area contributed by atoms with Crippen LogP contribution in [0.3, 0.4) is 0 Å². The Morgan fingerprint density at radius 2 is 1.86 bits per heavy atom. The number of hydrogen-bond acceptors (Lipinski definition) is 3. The fraction of sp³-hybridized carbons (Fsp3) is 0.500. The van der Waals surface area contributed by atoms with Crippen molar-refractivity contribution in [1.82, 2.24) is 5.32 Å². The number of unbranched alkanes of at least 4 members (excludes halogenated alkanes) is 1. The third-order valence-electron chi connectivity index (χ3n) is 3.13. The minimum atomic E-state index is -0.998. The molecule has 0 saturated heterocycles. The van der Waals surface area contributed by atoms with E-state index in [2.05, 4.69) is 21.2 Å². The second-order valence-electron chi connectivity index (χ2n) is 5.39. The van der Waals surface area contributed by atoms with Gasteiger partial charge in [0, 0.05) is 10.9 Å².